The Balaban J connectivity index is 2.53. The van der Waals surface area contributed by atoms with Gasteiger partial charge in [0.05, 0.1) is 12.7 Å². The lowest BCUT2D eigenvalue weighted by Crippen LogP contribution is -2.38. The third kappa shape index (κ3) is 2.08. The van der Waals surface area contributed by atoms with Gasteiger partial charge in [0, 0.05) is 11.0 Å². The third-order valence-electron chi connectivity index (χ3n) is 2.69. The predicted molar refractivity (Wildman–Crippen MR) is 69.0 cm³/mol. The minimum atomic E-state index is -0.443. The topological polar surface area (TPSA) is 55.8 Å². The van der Waals surface area contributed by atoms with E-state index in [4.69, 9.17) is 4.74 Å². The molecular formula is C12H12BrNO4. The number of carbonyl (C=O) groups excluding carboxylic acids is 2. The second kappa shape index (κ2) is 4.97. The zero-order valence-corrected chi connectivity index (χ0v) is 11.6. The Hall–Kier alpha value is -1.56. The van der Waals surface area contributed by atoms with Crippen molar-refractivity contribution in [3.05, 3.63) is 22.2 Å². The Labute approximate surface area is 113 Å². The van der Waals surface area contributed by atoms with Gasteiger partial charge in [-0.1, -0.05) is 0 Å². The molecule has 0 aliphatic carbocycles. The van der Waals surface area contributed by atoms with Gasteiger partial charge in [-0.05, 0) is 35.0 Å². The highest BCUT2D eigenvalue weighted by molar-refractivity contribution is 9.10. The van der Waals surface area contributed by atoms with Crippen LogP contribution in [0.5, 0.6) is 5.75 Å². The first-order chi connectivity index (χ1) is 8.58. The monoisotopic (exact) mass is 313 g/mol. The summed E-state index contributed by atoms with van der Waals surface area (Å²) in [5.41, 5.74) is 1.04. The Morgan fingerprint density at radius 2 is 2.28 bits per heavy atom. The van der Waals surface area contributed by atoms with E-state index in [1.54, 1.807) is 17.0 Å². The highest BCUT2D eigenvalue weighted by Crippen LogP contribution is 2.39. The number of halogens is 1. The molecule has 0 fully saturated rings. The van der Waals surface area contributed by atoms with E-state index < -0.39 is 5.97 Å². The van der Waals surface area contributed by atoms with Gasteiger partial charge >= 0.3 is 5.97 Å². The molecule has 1 aliphatic rings. The second-order valence-corrected chi connectivity index (χ2v) is 4.58. The molecule has 0 unspecified atom stereocenters. The molecule has 5 nitrogen and oxygen atoms in total. The van der Waals surface area contributed by atoms with Crippen LogP contribution in [-0.4, -0.2) is 32.1 Å². The molecule has 1 amide bonds. The van der Waals surface area contributed by atoms with E-state index in [-0.39, 0.29) is 12.5 Å². The first kappa shape index (κ1) is 12.9. The van der Waals surface area contributed by atoms with Gasteiger partial charge in [-0.25, -0.2) is 4.79 Å². The molecule has 1 aromatic carbocycles. The van der Waals surface area contributed by atoms with Crippen LogP contribution in [0.3, 0.4) is 0 Å². The largest absolute Gasteiger partial charge is 0.481 e. The lowest BCUT2D eigenvalue weighted by Gasteiger charge is -2.29. The highest BCUT2D eigenvalue weighted by Gasteiger charge is 2.28. The molecule has 0 radical (unpaired) electrons. The summed E-state index contributed by atoms with van der Waals surface area (Å²) in [7, 11) is 1.32. The molecule has 0 aromatic heterocycles. The van der Waals surface area contributed by atoms with E-state index in [0.29, 0.717) is 28.0 Å². The first-order valence-corrected chi connectivity index (χ1v) is 6.22. The van der Waals surface area contributed by atoms with Gasteiger partial charge < -0.3 is 14.4 Å². The lowest BCUT2D eigenvalue weighted by molar-refractivity contribution is -0.121. The molecule has 1 aliphatic heterocycles. The molecule has 2 rings (SSSR count). The maximum atomic E-state index is 11.7. The first-order valence-electron chi connectivity index (χ1n) is 5.43. The van der Waals surface area contributed by atoms with Gasteiger partial charge in [0.15, 0.2) is 6.61 Å². The summed E-state index contributed by atoms with van der Waals surface area (Å²) in [5, 5.41) is 0. The van der Waals surface area contributed by atoms with Crippen molar-refractivity contribution in [2.45, 2.75) is 6.92 Å². The van der Waals surface area contributed by atoms with Crippen molar-refractivity contribution < 1.29 is 19.1 Å². The fourth-order valence-electron chi connectivity index (χ4n) is 1.86. The van der Waals surface area contributed by atoms with Gasteiger partial charge in [-0.15, -0.1) is 0 Å². The molecule has 0 N–H and O–H groups in total. The number of ether oxygens (including phenoxy) is 2. The number of amides is 1. The number of rotatable bonds is 2. The molecule has 96 valence electrons. The van der Waals surface area contributed by atoms with Crippen LogP contribution >= 0.6 is 15.9 Å². The smallest absolute Gasteiger partial charge is 0.338 e. The molecule has 0 saturated heterocycles. The number of methoxy groups -OCH3 is 1. The van der Waals surface area contributed by atoms with Crippen LogP contribution in [0.4, 0.5) is 5.69 Å². The standard InChI is InChI=1S/C12H12BrNO4/c1-3-14-10(15)6-18-9-5-7(12(16)17-2)4-8(13)11(9)14/h4-5H,3,6H2,1-2H3. The van der Waals surface area contributed by atoms with Gasteiger partial charge in [-0.2, -0.15) is 0 Å². The average Bonchev–Trinajstić information content (AvgIpc) is 2.38. The predicted octanol–water partition coefficient (Wildman–Crippen LogP) is 1.98. The fourth-order valence-corrected chi connectivity index (χ4v) is 2.51. The summed E-state index contributed by atoms with van der Waals surface area (Å²) >= 11 is 3.36. The zero-order chi connectivity index (χ0) is 13.3. The van der Waals surface area contributed by atoms with Crippen LogP contribution in [0, 0.1) is 0 Å². The maximum Gasteiger partial charge on any atom is 0.338 e. The highest BCUT2D eigenvalue weighted by atomic mass is 79.9. The zero-order valence-electron chi connectivity index (χ0n) is 10.0. The van der Waals surface area contributed by atoms with E-state index in [9.17, 15) is 9.59 Å². The molecular weight excluding hydrogens is 302 g/mol. The van der Waals surface area contributed by atoms with E-state index in [2.05, 4.69) is 20.7 Å². The number of carbonyl (C=O) groups is 2. The molecule has 0 saturated carbocycles. The molecule has 0 bridgehead atoms. The number of benzene rings is 1. The summed E-state index contributed by atoms with van der Waals surface area (Å²) in [6.07, 6.45) is 0. The molecule has 1 aromatic rings. The van der Waals surface area contributed by atoms with Crippen LogP contribution in [0.1, 0.15) is 17.3 Å². The molecule has 18 heavy (non-hydrogen) atoms. The van der Waals surface area contributed by atoms with E-state index in [1.807, 2.05) is 6.92 Å². The number of anilines is 1. The van der Waals surface area contributed by atoms with E-state index in [1.165, 1.54) is 7.11 Å². The van der Waals surface area contributed by atoms with Crippen LogP contribution < -0.4 is 9.64 Å². The molecule has 0 atom stereocenters. The lowest BCUT2D eigenvalue weighted by atomic mass is 10.1. The van der Waals surface area contributed by atoms with Crippen molar-refractivity contribution in [2.75, 3.05) is 25.2 Å². The fraction of sp³-hybridized carbons (Fsp3) is 0.333. The van der Waals surface area contributed by atoms with E-state index >= 15 is 0 Å². The van der Waals surface area contributed by atoms with Crippen molar-refractivity contribution in [1.29, 1.82) is 0 Å². The van der Waals surface area contributed by atoms with Gasteiger partial charge in [-0.3, -0.25) is 4.79 Å². The summed E-state index contributed by atoms with van der Waals surface area (Å²) in [4.78, 5) is 24.8. The maximum absolute atomic E-state index is 11.7. The summed E-state index contributed by atoms with van der Waals surface area (Å²) in [5.74, 6) is -0.0372. The number of likely N-dealkylation sites (N-methyl/N-ethyl adjacent to an activating group) is 1. The van der Waals surface area contributed by atoms with Crippen molar-refractivity contribution in [3.8, 4) is 5.75 Å². The van der Waals surface area contributed by atoms with Crippen LogP contribution in [0.2, 0.25) is 0 Å². The van der Waals surface area contributed by atoms with Crippen LogP contribution in [0.25, 0.3) is 0 Å². The van der Waals surface area contributed by atoms with E-state index in [0.717, 1.165) is 0 Å². The van der Waals surface area contributed by atoms with Crippen molar-refractivity contribution in [3.63, 3.8) is 0 Å². The Kier molecular flexibility index (Phi) is 3.56. The van der Waals surface area contributed by atoms with Gasteiger partial charge in [0.1, 0.15) is 11.4 Å². The number of esters is 1. The number of fused-ring (bicyclic) bond motifs is 1. The summed E-state index contributed by atoms with van der Waals surface area (Å²) in [6, 6.07) is 3.20. The molecule has 6 heteroatoms. The number of hydrogen-bond acceptors (Lipinski definition) is 4. The Morgan fingerprint density at radius 1 is 1.56 bits per heavy atom. The van der Waals surface area contributed by atoms with Gasteiger partial charge in [0.25, 0.3) is 5.91 Å². The van der Waals surface area contributed by atoms with Crippen LogP contribution in [-0.2, 0) is 9.53 Å². The number of hydrogen-bond donors (Lipinski definition) is 0. The van der Waals surface area contributed by atoms with Crippen molar-refractivity contribution in [1.82, 2.24) is 0 Å². The molecule has 1 heterocycles. The third-order valence-corrected chi connectivity index (χ3v) is 3.29. The van der Waals surface area contributed by atoms with Crippen molar-refractivity contribution >= 4 is 33.5 Å². The second-order valence-electron chi connectivity index (χ2n) is 3.72. The SMILES string of the molecule is CCN1C(=O)COc2cc(C(=O)OC)cc(Br)c21. The normalized spacial score (nSPS) is 13.9. The minimum absolute atomic E-state index is 0.0160. The summed E-state index contributed by atoms with van der Waals surface area (Å²) < 4.78 is 10.7. The van der Waals surface area contributed by atoms with Crippen LogP contribution in [0.15, 0.2) is 16.6 Å². The van der Waals surface area contributed by atoms with Crippen molar-refractivity contribution in [2.24, 2.45) is 0 Å². The average molecular weight is 314 g/mol. The Morgan fingerprint density at radius 3 is 2.89 bits per heavy atom. The minimum Gasteiger partial charge on any atom is -0.481 e. The van der Waals surface area contributed by atoms with Gasteiger partial charge in [0.2, 0.25) is 0 Å². The number of nitrogens with zero attached hydrogens (tertiary/aromatic N) is 1. The summed E-state index contributed by atoms with van der Waals surface area (Å²) in [6.45, 7) is 2.41. The Bertz CT molecular complexity index is 515. The quantitative estimate of drug-likeness (QED) is 0.783. The molecule has 0 spiro atoms.